The number of carbonyl (C=O) groups is 1. The van der Waals surface area contributed by atoms with E-state index < -0.39 is 6.10 Å². The summed E-state index contributed by atoms with van der Waals surface area (Å²) in [6.07, 6.45) is -0.847. The van der Waals surface area contributed by atoms with Crippen molar-refractivity contribution in [3.05, 3.63) is 80.0 Å². The van der Waals surface area contributed by atoms with Gasteiger partial charge in [-0.1, -0.05) is 64.8 Å². The van der Waals surface area contributed by atoms with Crippen molar-refractivity contribution in [1.82, 2.24) is 14.9 Å². The fraction of sp³-hybridized carbons (Fsp3) is 0.406. The number of aromatic nitrogens is 2. The number of aryl methyl sites for hydroxylation is 2. The van der Waals surface area contributed by atoms with Crippen LogP contribution in [0.2, 0.25) is 0 Å². The highest BCUT2D eigenvalue weighted by atomic mass is 79.9. The molecule has 4 rings (SSSR count). The second kappa shape index (κ2) is 16.2. The maximum Gasteiger partial charge on any atom is 0.303 e. The van der Waals surface area contributed by atoms with Crippen molar-refractivity contribution in [1.29, 1.82) is 0 Å². The van der Waals surface area contributed by atoms with Gasteiger partial charge in [0.15, 0.2) is 0 Å². The lowest BCUT2D eigenvalue weighted by Gasteiger charge is -2.13. The molecule has 0 spiro atoms. The van der Waals surface area contributed by atoms with Crippen LogP contribution in [0.15, 0.2) is 57.5 Å². The van der Waals surface area contributed by atoms with E-state index in [1.165, 1.54) is 37.7 Å². The molecule has 2 aromatic carbocycles. The van der Waals surface area contributed by atoms with Crippen molar-refractivity contribution >= 4 is 59.6 Å². The molecule has 6 nitrogen and oxygen atoms in total. The summed E-state index contributed by atoms with van der Waals surface area (Å²) >= 11 is 6.90. The fourth-order valence-corrected chi connectivity index (χ4v) is 5.34. The maximum atomic E-state index is 10.9. The van der Waals surface area contributed by atoms with E-state index in [0.29, 0.717) is 5.69 Å². The van der Waals surface area contributed by atoms with Crippen LogP contribution in [-0.4, -0.2) is 45.6 Å². The highest BCUT2D eigenvalue weighted by molar-refractivity contribution is 9.10. The van der Waals surface area contributed by atoms with Crippen molar-refractivity contribution < 1.29 is 14.6 Å². The van der Waals surface area contributed by atoms with Crippen molar-refractivity contribution in [2.45, 2.75) is 67.6 Å². The van der Waals surface area contributed by atoms with Crippen molar-refractivity contribution in [2.75, 3.05) is 19.6 Å². The summed E-state index contributed by atoms with van der Waals surface area (Å²) in [5.41, 5.74) is 5.64. The number of esters is 1. The van der Waals surface area contributed by atoms with Gasteiger partial charge in [-0.15, -0.1) is 0 Å². The highest BCUT2D eigenvalue weighted by Crippen LogP contribution is 2.26. The quantitative estimate of drug-likeness (QED) is 0.206. The van der Waals surface area contributed by atoms with E-state index >= 15 is 0 Å². The molecule has 40 heavy (non-hydrogen) atoms. The second-order valence-electron chi connectivity index (χ2n) is 9.60. The van der Waals surface area contributed by atoms with Crippen molar-refractivity contribution in [2.24, 2.45) is 0 Å². The Bertz CT molecular complexity index is 1420. The molecular weight excluding hydrogens is 634 g/mol. The molecule has 0 aliphatic carbocycles. The molecule has 0 fully saturated rings. The van der Waals surface area contributed by atoms with Gasteiger partial charge in [-0.2, -0.15) is 0 Å². The number of hydrogen-bond donors (Lipinski definition) is 1. The van der Waals surface area contributed by atoms with Crippen LogP contribution in [0.3, 0.4) is 0 Å². The van der Waals surface area contributed by atoms with Gasteiger partial charge in [-0.05, 0) is 94.9 Å². The van der Waals surface area contributed by atoms with E-state index in [-0.39, 0.29) is 12.1 Å². The summed E-state index contributed by atoms with van der Waals surface area (Å²) in [6, 6.07) is 15.8. The smallest absolute Gasteiger partial charge is 0.303 e. The minimum Gasteiger partial charge on any atom is -0.456 e. The first-order valence-electron chi connectivity index (χ1n) is 13.6. The monoisotopic (exact) mass is 673 g/mol. The van der Waals surface area contributed by atoms with Crippen LogP contribution in [0.4, 0.5) is 0 Å². The van der Waals surface area contributed by atoms with E-state index in [0.717, 1.165) is 36.4 Å². The van der Waals surface area contributed by atoms with E-state index in [4.69, 9.17) is 4.74 Å². The number of nitrogens with zero attached hydrogens (tertiary/aromatic N) is 3. The second-order valence-corrected chi connectivity index (χ2v) is 11.4. The van der Waals surface area contributed by atoms with E-state index in [2.05, 4.69) is 86.6 Å². The van der Waals surface area contributed by atoms with E-state index in [9.17, 15) is 9.90 Å². The maximum absolute atomic E-state index is 10.9. The first-order valence-corrected chi connectivity index (χ1v) is 15.2. The van der Waals surface area contributed by atoms with Crippen LogP contribution in [0.5, 0.6) is 0 Å². The number of pyridine rings is 2. The topological polar surface area (TPSA) is 75.5 Å². The van der Waals surface area contributed by atoms with Gasteiger partial charge >= 0.3 is 5.97 Å². The van der Waals surface area contributed by atoms with Gasteiger partial charge < -0.3 is 14.7 Å². The molecule has 8 heteroatoms. The van der Waals surface area contributed by atoms with Gasteiger partial charge in [0, 0.05) is 26.6 Å². The zero-order valence-corrected chi connectivity index (χ0v) is 27.9. The SMILES string of the molecule is CC(=O)O[C@H](C)c1ccc2c(C)cc(Br)cc2n1.CCN(CC)CC.Cc1cc(Br)cc2nc([C@@H](C)O)ccc12. The average molecular weight is 676 g/mol. The summed E-state index contributed by atoms with van der Waals surface area (Å²) in [7, 11) is 0. The van der Waals surface area contributed by atoms with Crippen LogP contribution < -0.4 is 0 Å². The number of benzene rings is 2. The number of fused-ring (bicyclic) bond motifs is 2. The van der Waals surface area contributed by atoms with Gasteiger partial charge in [-0.25, -0.2) is 4.98 Å². The highest BCUT2D eigenvalue weighted by Gasteiger charge is 2.11. The largest absolute Gasteiger partial charge is 0.456 e. The van der Waals surface area contributed by atoms with Gasteiger partial charge in [0.2, 0.25) is 0 Å². The summed E-state index contributed by atoms with van der Waals surface area (Å²) in [5.74, 6) is -0.296. The standard InChI is InChI=1S/C14H14BrNO2.C12H12BrNO.C6H15N/c1-8-6-11(15)7-14-12(8)4-5-13(16-14)9(2)18-10(3)17;1-7-5-9(13)6-12-10(7)3-4-11(14-12)8(2)15;1-4-7(5-2)6-3/h4-7,9H,1-3H3;3-6,8,15H,1-2H3;4-6H2,1-3H3/t9-;8-;/m11./s1. The Balaban J connectivity index is 0.000000230. The molecule has 0 aliphatic rings. The van der Waals surface area contributed by atoms with Gasteiger partial charge in [0.1, 0.15) is 6.10 Å². The number of carbonyl (C=O) groups excluding carboxylic acids is 1. The molecule has 4 aromatic rings. The molecule has 1 N–H and O–H groups in total. The molecule has 216 valence electrons. The van der Waals surface area contributed by atoms with E-state index in [1.54, 1.807) is 6.92 Å². The van der Waals surface area contributed by atoms with Crippen LogP contribution in [-0.2, 0) is 9.53 Å². The molecule has 2 aromatic heterocycles. The van der Waals surface area contributed by atoms with Crippen molar-refractivity contribution in [3.8, 4) is 0 Å². The minimum atomic E-state index is -0.520. The summed E-state index contributed by atoms with van der Waals surface area (Å²) in [6.45, 7) is 19.2. The lowest BCUT2D eigenvalue weighted by Crippen LogP contribution is -2.21. The number of rotatable bonds is 6. The van der Waals surface area contributed by atoms with Crippen LogP contribution in [0, 0.1) is 13.8 Å². The molecular formula is C32H41Br2N3O3. The molecule has 2 heterocycles. The zero-order chi connectivity index (χ0) is 30.0. The van der Waals surface area contributed by atoms with Gasteiger partial charge in [-0.3, -0.25) is 9.78 Å². The first-order chi connectivity index (χ1) is 18.9. The third kappa shape index (κ3) is 9.91. The number of aliphatic hydroxyl groups is 1. The van der Waals surface area contributed by atoms with Crippen LogP contribution >= 0.6 is 31.9 Å². The summed E-state index contributed by atoms with van der Waals surface area (Å²) in [5, 5.41) is 11.7. The van der Waals surface area contributed by atoms with Crippen LogP contribution in [0.25, 0.3) is 21.8 Å². The zero-order valence-electron chi connectivity index (χ0n) is 24.8. The number of hydrogen-bond acceptors (Lipinski definition) is 6. The third-order valence-corrected chi connectivity index (χ3v) is 7.44. The van der Waals surface area contributed by atoms with Crippen LogP contribution in [0.1, 0.15) is 76.3 Å². The average Bonchev–Trinajstić information content (AvgIpc) is 2.89. The molecule has 2 atom stereocenters. The molecule has 0 saturated carbocycles. The summed E-state index contributed by atoms with van der Waals surface area (Å²) in [4.78, 5) is 22.3. The van der Waals surface area contributed by atoms with Crippen molar-refractivity contribution in [3.63, 3.8) is 0 Å². The van der Waals surface area contributed by atoms with Gasteiger partial charge in [0.05, 0.1) is 28.5 Å². The normalized spacial score (nSPS) is 12.3. The molecule has 0 saturated heterocycles. The number of ether oxygens (including phenoxy) is 1. The Morgan fingerprint density at radius 2 is 1.25 bits per heavy atom. The Morgan fingerprint density at radius 1 is 0.825 bits per heavy atom. The summed E-state index contributed by atoms with van der Waals surface area (Å²) < 4.78 is 7.15. The fourth-order valence-electron chi connectivity index (χ4n) is 4.22. The Labute approximate surface area is 255 Å². The lowest BCUT2D eigenvalue weighted by atomic mass is 10.1. The Kier molecular flexibility index (Phi) is 13.7. The third-order valence-electron chi connectivity index (χ3n) is 6.53. The Hall–Kier alpha value is -2.39. The Morgan fingerprint density at radius 3 is 1.62 bits per heavy atom. The van der Waals surface area contributed by atoms with E-state index in [1.807, 2.05) is 50.2 Å². The first kappa shape index (κ1) is 33.8. The number of halogens is 2. The molecule has 0 aliphatic heterocycles. The molecule has 0 amide bonds. The molecule has 0 unspecified atom stereocenters. The molecule has 0 bridgehead atoms. The predicted molar refractivity (Wildman–Crippen MR) is 173 cm³/mol. The lowest BCUT2D eigenvalue weighted by molar-refractivity contribution is -0.145. The van der Waals surface area contributed by atoms with Gasteiger partial charge in [0.25, 0.3) is 0 Å². The molecule has 0 radical (unpaired) electrons. The minimum absolute atomic E-state index is 0.296. The predicted octanol–water partition coefficient (Wildman–Crippen LogP) is 8.64. The number of aliphatic hydroxyl groups excluding tert-OH is 1.